The van der Waals surface area contributed by atoms with E-state index in [-0.39, 0.29) is 16.8 Å². The van der Waals surface area contributed by atoms with Crippen molar-refractivity contribution in [2.24, 2.45) is 0 Å². The molecule has 0 radical (unpaired) electrons. The van der Waals surface area contributed by atoms with Crippen molar-refractivity contribution in [3.05, 3.63) is 33.6 Å². The number of phenolic OH excluding ortho intramolecular Hbond substituents is 1. The number of rotatable bonds is 4. The number of fused-ring (bicyclic) bond motifs is 1. The van der Waals surface area contributed by atoms with Crippen LogP contribution in [-0.2, 0) is 9.84 Å². The molecule has 2 amide bonds. The Labute approximate surface area is 187 Å². The van der Waals surface area contributed by atoms with Crippen LogP contribution < -0.4 is 10.6 Å². The van der Waals surface area contributed by atoms with E-state index < -0.39 is 37.4 Å². The van der Waals surface area contributed by atoms with Crippen molar-refractivity contribution in [1.82, 2.24) is 10.2 Å². The van der Waals surface area contributed by atoms with Crippen molar-refractivity contribution >= 4 is 33.2 Å². The number of carbonyl (C=O) groups excluding carboxylic acids is 1. The molecule has 2 aliphatic heterocycles. The molecule has 1 aromatic rings. The number of urea groups is 1. The highest BCUT2D eigenvalue weighted by Gasteiger charge is 2.66. The first-order valence-electron chi connectivity index (χ1n) is 10.4. The topological polar surface area (TPSA) is 103 Å². The molecule has 4 rings (SSSR count). The summed E-state index contributed by atoms with van der Waals surface area (Å²) in [6, 6.07) is 2.12. The maximum absolute atomic E-state index is 13.6. The van der Waals surface area contributed by atoms with Crippen LogP contribution in [0.5, 0.6) is 5.75 Å². The highest BCUT2D eigenvalue weighted by molar-refractivity contribution is 7.92. The minimum atomic E-state index is -4.09. The average Bonchev–Trinajstić information content (AvgIpc) is 3.39. The van der Waals surface area contributed by atoms with Crippen LogP contribution in [0.1, 0.15) is 39.0 Å². The van der Waals surface area contributed by atoms with Gasteiger partial charge in [0.25, 0.3) is 6.57 Å². The van der Waals surface area contributed by atoms with Gasteiger partial charge in [-0.05, 0) is 44.7 Å². The van der Waals surface area contributed by atoms with Crippen LogP contribution in [-0.4, -0.2) is 54.5 Å². The van der Waals surface area contributed by atoms with Gasteiger partial charge in [-0.1, -0.05) is 28.1 Å². The number of benzene rings is 1. The van der Waals surface area contributed by atoms with Crippen LogP contribution >= 0.6 is 11.6 Å². The third-order valence-corrected chi connectivity index (χ3v) is 9.46. The quantitative estimate of drug-likeness (QED) is 0.466. The van der Waals surface area contributed by atoms with Crippen LogP contribution in [0.3, 0.4) is 0 Å². The zero-order valence-corrected chi connectivity index (χ0v) is 18.8. The highest BCUT2D eigenvalue weighted by atomic mass is 35.5. The molecule has 0 aromatic heterocycles. The fourth-order valence-electron chi connectivity index (χ4n) is 5.10. The first kappa shape index (κ1) is 21.9. The van der Waals surface area contributed by atoms with Crippen LogP contribution in [0.4, 0.5) is 10.5 Å². The summed E-state index contributed by atoms with van der Waals surface area (Å²) in [5, 5.41) is 15.2. The second-order valence-electron chi connectivity index (χ2n) is 8.37. The van der Waals surface area contributed by atoms with Crippen molar-refractivity contribution in [2.75, 3.05) is 18.4 Å². The summed E-state index contributed by atoms with van der Waals surface area (Å²) >= 11 is 6.24. The van der Waals surface area contributed by atoms with Gasteiger partial charge in [-0.2, -0.15) is 0 Å². The van der Waals surface area contributed by atoms with Gasteiger partial charge in [-0.25, -0.2) is 18.1 Å². The third kappa shape index (κ3) is 3.56. The Morgan fingerprint density at radius 2 is 2.13 bits per heavy atom. The predicted octanol–water partition coefficient (Wildman–Crippen LogP) is 3.58. The molecule has 0 spiro atoms. The number of sulfone groups is 1. The first-order valence-corrected chi connectivity index (χ1v) is 12.3. The van der Waals surface area contributed by atoms with E-state index in [9.17, 15) is 18.3 Å². The molecule has 1 aromatic carbocycles. The summed E-state index contributed by atoms with van der Waals surface area (Å²) in [6.07, 6.45) is 5.40. The molecule has 0 bridgehead atoms. The zero-order valence-electron chi connectivity index (χ0n) is 17.3. The van der Waals surface area contributed by atoms with Crippen molar-refractivity contribution in [3.63, 3.8) is 0 Å². The lowest BCUT2D eigenvalue weighted by atomic mass is 10.1. The smallest absolute Gasteiger partial charge is 0.354 e. The molecule has 3 aliphatic rings. The number of halogens is 1. The number of allylic oxidation sites excluding steroid dienone is 1. The van der Waals surface area contributed by atoms with E-state index in [4.69, 9.17) is 18.2 Å². The fraction of sp³-hybridized carbons (Fsp3) is 0.524. The Bertz CT molecular complexity index is 1100. The molecule has 166 valence electrons. The van der Waals surface area contributed by atoms with Crippen LogP contribution in [0.2, 0.25) is 5.02 Å². The predicted molar refractivity (Wildman–Crippen MR) is 119 cm³/mol. The van der Waals surface area contributed by atoms with E-state index in [0.29, 0.717) is 19.4 Å². The van der Waals surface area contributed by atoms with Gasteiger partial charge in [0.05, 0.1) is 16.8 Å². The van der Waals surface area contributed by atoms with E-state index in [1.807, 2.05) is 11.8 Å². The molecule has 1 aliphatic carbocycles. The minimum absolute atomic E-state index is 0.0277. The summed E-state index contributed by atoms with van der Waals surface area (Å²) < 4.78 is 27.2. The van der Waals surface area contributed by atoms with E-state index >= 15 is 0 Å². The molecule has 3 N–H and O–H groups in total. The number of nitrogens with zero attached hydrogens (tertiary/aromatic N) is 2. The summed E-state index contributed by atoms with van der Waals surface area (Å²) in [4.78, 5) is 18.0. The van der Waals surface area contributed by atoms with Crippen molar-refractivity contribution in [2.45, 2.75) is 60.9 Å². The zero-order chi connectivity index (χ0) is 22.4. The van der Waals surface area contributed by atoms with Gasteiger partial charge in [-0.3, -0.25) is 0 Å². The third-order valence-electron chi connectivity index (χ3n) is 6.69. The van der Waals surface area contributed by atoms with Crippen LogP contribution in [0.25, 0.3) is 4.85 Å². The van der Waals surface area contributed by atoms with Gasteiger partial charge in [0.15, 0.2) is 20.8 Å². The number of amides is 2. The molecular formula is C21H26ClN4O4S+. The van der Waals surface area contributed by atoms with Gasteiger partial charge >= 0.3 is 11.7 Å². The Morgan fingerprint density at radius 3 is 2.81 bits per heavy atom. The lowest BCUT2D eigenvalue weighted by Gasteiger charge is -2.23. The molecule has 10 heteroatoms. The van der Waals surface area contributed by atoms with E-state index in [1.54, 1.807) is 0 Å². The normalized spacial score (nSPS) is 28.1. The number of aromatic hydroxyl groups is 1. The molecule has 2 heterocycles. The molecular weight excluding hydrogens is 440 g/mol. The SMILES string of the molecule is C#[N+]C12CCCN1CCC2S(=O)(=O)c1c(Cl)ccc(NC(=O)NC2CCC=C2C)c1O. The Hall–Kier alpha value is -2.28. The Kier molecular flexibility index (Phi) is 5.66. The molecule has 31 heavy (non-hydrogen) atoms. The average molecular weight is 466 g/mol. The molecule has 0 saturated carbocycles. The first-order chi connectivity index (χ1) is 14.7. The maximum atomic E-state index is 13.6. The van der Waals surface area contributed by atoms with Gasteiger partial charge in [-0.15, -0.1) is 0 Å². The van der Waals surface area contributed by atoms with E-state index in [1.165, 1.54) is 12.1 Å². The fourth-order valence-corrected chi connectivity index (χ4v) is 7.82. The number of hydrogen-bond donors (Lipinski definition) is 3. The largest absolute Gasteiger partial charge is 0.504 e. The second-order valence-corrected chi connectivity index (χ2v) is 10.8. The summed E-state index contributed by atoms with van der Waals surface area (Å²) in [7, 11) is -4.09. The lowest BCUT2D eigenvalue weighted by molar-refractivity contribution is 0.248. The van der Waals surface area contributed by atoms with Gasteiger partial charge < -0.3 is 15.7 Å². The molecule has 3 atom stereocenters. The monoisotopic (exact) mass is 465 g/mol. The van der Waals surface area contributed by atoms with Gasteiger partial charge in [0.2, 0.25) is 0 Å². The summed E-state index contributed by atoms with van der Waals surface area (Å²) in [5.74, 6) is -0.579. The summed E-state index contributed by atoms with van der Waals surface area (Å²) in [5.41, 5.74) is 0.0268. The number of nitrogens with one attached hydrogen (secondary N) is 2. The standard InChI is InChI=1S/C21H25ClN4O4S/c1-13-5-3-6-15(13)24-20(28)25-16-8-7-14(22)19(18(16)27)31(29,30)17-9-12-26-11-4-10-21(17,26)23-2/h2,5,7-8,15,17H,3-4,6,9-12H2,1H3,(H2-,24,25,27,28)/p+1. The summed E-state index contributed by atoms with van der Waals surface area (Å²) in [6.45, 7) is 8.91. The lowest BCUT2D eigenvalue weighted by Crippen LogP contribution is -2.46. The number of carbonyl (C=O) groups is 1. The Morgan fingerprint density at radius 1 is 1.35 bits per heavy atom. The molecule has 2 saturated heterocycles. The van der Waals surface area contributed by atoms with E-state index in [0.717, 1.165) is 31.4 Å². The van der Waals surface area contributed by atoms with Crippen LogP contribution in [0, 0.1) is 6.57 Å². The van der Waals surface area contributed by atoms with E-state index in [2.05, 4.69) is 21.6 Å². The maximum Gasteiger partial charge on any atom is 0.354 e. The number of phenols is 1. The molecule has 8 nitrogen and oxygen atoms in total. The highest BCUT2D eigenvalue weighted by Crippen LogP contribution is 2.48. The van der Waals surface area contributed by atoms with Crippen LogP contribution in [0.15, 0.2) is 28.7 Å². The molecule has 2 fully saturated rings. The van der Waals surface area contributed by atoms with Gasteiger partial charge in [0.1, 0.15) is 4.90 Å². The van der Waals surface area contributed by atoms with Crippen molar-refractivity contribution < 1.29 is 18.3 Å². The number of hydrogen-bond acceptors (Lipinski definition) is 5. The van der Waals surface area contributed by atoms with Crippen molar-refractivity contribution in [3.8, 4) is 12.3 Å². The second kappa shape index (κ2) is 8.01. The Balaban J connectivity index is 1.64. The number of anilines is 1. The minimum Gasteiger partial charge on any atom is -0.504 e. The van der Waals surface area contributed by atoms with Crippen molar-refractivity contribution in [1.29, 1.82) is 0 Å². The van der Waals surface area contributed by atoms with Gasteiger partial charge in [0, 0.05) is 19.5 Å². The molecule has 3 unspecified atom stereocenters.